The molecule has 148 valence electrons. The van der Waals surface area contributed by atoms with Gasteiger partial charge in [0, 0.05) is 21.9 Å². The molecule has 1 N–H and O–H groups in total. The Morgan fingerprint density at radius 1 is 1.03 bits per heavy atom. The zero-order valence-corrected chi connectivity index (χ0v) is 16.7. The summed E-state index contributed by atoms with van der Waals surface area (Å²) >= 11 is 0. The Bertz CT molecular complexity index is 1130. The Hall–Kier alpha value is -3.01. The summed E-state index contributed by atoms with van der Waals surface area (Å²) in [6.45, 7) is 3.96. The number of aromatic hydroxyl groups is 1. The molecule has 1 saturated carbocycles. The van der Waals surface area contributed by atoms with E-state index in [1.54, 1.807) is 6.07 Å². The number of aryl methyl sites for hydroxylation is 2. The topological polar surface area (TPSA) is 55.8 Å². The highest BCUT2D eigenvalue weighted by Crippen LogP contribution is 2.61. The van der Waals surface area contributed by atoms with Gasteiger partial charge in [0.2, 0.25) is 0 Å². The molecular weight excluding hydrogens is 364 g/mol. The fourth-order valence-corrected chi connectivity index (χ4v) is 5.19. The summed E-state index contributed by atoms with van der Waals surface area (Å²) in [5.74, 6) is 2.11. The maximum absolute atomic E-state index is 12.8. The van der Waals surface area contributed by atoms with Crippen LogP contribution < -0.4 is 9.47 Å². The molecule has 3 aromatic rings. The molecule has 0 saturated heterocycles. The predicted octanol–water partition coefficient (Wildman–Crippen LogP) is 6.36. The predicted molar refractivity (Wildman–Crippen MR) is 112 cm³/mol. The van der Waals surface area contributed by atoms with Crippen LogP contribution in [0.1, 0.15) is 60.3 Å². The van der Waals surface area contributed by atoms with Crippen LogP contribution in [0.25, 0.3) is 10.8 Å². The highest BCUT2D eigenvalue weighted by atomic mass is 16.7. The van der Waals surface area contributed by atoms with Crippen LogP contribution in [0, 0.1) is 6.92 Å². The van der Waals surface area contributed by atoms with Crippen molar-refractivity contribution in [2.75, 3.05) is 0 Å². The average molecular weight is 388 g/mol. The van der Waals surface area contributed by atoms with Crippen LogP contribution in [0.15, 0.2) is 42.5 Å². The van der Waals surface area contributed by atoms with Gasteiger partial charge in [-0.3, -0.25) is 0 Å². The molecule has 2 unspecified atom stereocenters. The second-order valence-corrected chi connectivity index (χ2v) is 8.12. The Kier molecular flexibility index (Phi) is 4.23. The highest BCUT2D eigenvalue weighted by Gasteiger charge is 2.43. The lowest BCUT2D eigenvalue weighted by molar-refractivity contribution is 0.151. The molecule has 2 atom stereocenters. The Morgan fingerprint density at radius 3 is 2.55 bits per heavy atom. The summed E-state index contributed by atoms with van der Waals surface area (Å²) in [5.41, 5.74) is 3.91. The Morgan fingerprint density at radius 2 is 1.79 bits per heavy atom. The van der Waals surface area contributed by atoms with Gasteiger partial charge in [-0.25, -0.2) is 4.79 Å². The summed E-state index contributed by atoms with van der Waals surface area (Å²) < 4.78 is 11.4. The van der Waals surface area contributed by atoms with Gasteiger partial charge in [0.15, 0.2) is 0 Å². The number of benzene rings is 3. The maximum Gasteiger partial charge on any atom is 0.519 e. The Balaban J connectivity index is 1.65. The summed E-state index contributed by atoms with van der Waals surface area (Å²) in [4.78, 5) is 12.8. The zero-order chi connectivity index (χ0) is 20.1. The number of hydrogen-bond acceptors (Lipinski definition) is 4. The Labute approximate surface area is 170 Å². The summed E-state index contributed by atoms with van der Waals surface area (Å²) in [5, 5.41) is 12.7. The molecule has 29 heavy (non-hydrogen) atoms. The summed E-state index contributed by atoms with van der Waals surface area (Å²) in [6.07, 6.45) is 3.22. The van der Waals surface area contributed by atoms with Crippen LogP contribution in [-0.2, 0) is 6.42 Å². The largest absolute Gasteiger partial charge is 0.519 e. The average Bonchev–Trinajstić information content (AvgIpc) is 3.34. The van der Waals surface area contributed by atoms with E-state index in [1.807, 2.05) is 43.3 Å². The smallest absolute Gasteiger partial charge is 0.507 e. The molecule has 2 aliphatic rings. The first-order chi connectivity index (χ1) is 14.1. The van der Waals surface area contributed by atoms with E-state index in [-0.39, 0.29) is 0 Å². The van der Waals surface area contributed by atoms with Crippen LogP contribution in [-0.4, -0.2) is 11.3 Å². The fourth-order valence-electron chi connectivity index (χ4n) is 5.19. The van der Waals surface area contributed by atoms with Gasteiger partial charge in [-0.15, -0.1) is 0 Å². The van der Waals surface area contributed by atoms with Crippen LogP contribution in [0.5, 0.6) is 17.2 Å². The minimum Gasteiger partial charge on any atom is -0.507 e. The van der Waals surface area contributed by atoms with E-state index in [1.165, 1.54) is 0 Å². The van der Waals surface area contributed by atoms with E-state index >= 15 is 0 Å². The molecule has 0 heterocycles. The third-order valence-corrected chi connectivity index (χ3v) is 6.53. The second-order valence-electron chi connectivity index (χ2n) is 8.12. The number of phenols is 1. The van der Waals surface area contributed by atoms with Crippen LogP contribution >= 0.6 is 0 Å². The zero-order valence-electron chi connectivity index (χ0n) is 16.7. The molecular formula is C25H24O4. The first-order valence-corrected chi connectivity index (χ1v) is 10.3. The first kappa shape index (κ1) is 18.0. The number of phenolic OH excluding ortho intramolecular Hbond substituents is 1. The van der Waals surface area contributed by atoms with Crippen LogP contribution in [0.2, 0.25) is 0 Å². The SMILES string of the molecule is CCc1cccc2c(O)c3c(c(OC(=O)Oc4ccccc4C)c12)C1CCC3C1. The summed E-state index contributed by atoms with van der Waals surface area (Å²) in [6, 6.07) is 13.3. The molecule has 0 aliphatic heterocycles. The van der Waals surface area contributed by atoms with Crippen molar-refractivity contribution in [3.8, 4) is 17.2 Å². The van der Waals surface area contributed by atoms with Crippen molar-refractivity contribution in [3.05, 3.63) is 64.7 Å². The maximum atomic E-state index is 12.8. The lowest BCUT2D eigenvalue weighted by atomic mass is 9.86. The quantitative estimate of drug-likeness (QED) is 0.419. The van der Waals surface area contributed by atoms with Crippen molar-refractivity contribution in [1.82, 2.24) is 0 Å². The second kappa shape index (κ2) is 6.80. The standard InChI is InChI=1S/C25H24O4/c1-3-15-8-6-9-18-20(15)24(22-17-12-11-16(13-17)21(22)23(18)26)29-25(27)28-19-10-5-4-7-14(19)2/h4-10,16-17,26H,3,11-13H2,1-2H3. The minimum atomic E-state index is -0.734. The number of para-hydroxylation sites is 1. The van der Waals surface area contributed by atoms with Gasteiger partial charge in [-0.1, -0.05) is 43.3 Å². The first-order valence-electron chi connectivity index (χ1n) is 10.3. The molecule has 0 aromatic heterocycles. The minimum absolute atomic E-state index is 0.330. The molecule has 4 heteroatoms. The van der Waals surface area contributed by atoms with E-state index < -0.39 is 6.16 Å². The van der Waals surface area contributed by atoms with Gasteiger partial charge in [-0.05, 0) is 61.6 Å². The number of carbonyl (C=O) groups excluding carboxylic acids is 1. The van der Waals surface area contributed by atoms with Crippen molar-refractivity contribution < 1.29 is 19.4 Å². The van der Waals surface area contributed by atoms with Gasteiger partial charge in [0.05, 0.1) is 0 Å². The molecule has 2 bridgehead atoms. The normalized spacial score (nSPS) is 19.4. The third kappa shape index (κ3) is 2.78. The number of ether oxygens (including phenoxy) is 2. The van der Waals surface area contributed by atoms with Gasteiger partial charge in [0.1, 0.15) is 17.2 Å². The van der Waals surface area contributed by atoms with Gasteiger partial charge in [-0.2, -0.15) is 0 Å². The molecule has 0 spiro atoms. The van der Waals surface area contributed by atoms with Gasteiger partial charge >= 0.3 is 6.16 Å². The molecule has 0 amide bonds. The van der Waals surface area contributed by atoms with Crippen LogP contribution in [0.4, 0.5) is 4.79 Å². The van der Waals surface area contributed by atoms with E-state index in [9.17, 15) is 9.90 Å². The molecule has 4 nitrogen and oxygen atoms in total. The van der Waals surface area contributed by atoms with Crippen molar-refractivity contribution >= 4 is 16.9 Å². The fraction of sp³-hybridized carbons (Fsp3) is 0.320. The van der Waals surface area contributed by atoms with Gasteiger partial charge < -0.3 is 14.6 Å². The van der Waals surface area contributed by atoms with Crippen molar-refractivity contribution in [3.63, 3.8) is 0 Å². The molecule has 0 radical (unpaired) electrons. The number of fused-ring (bicyclic) bond motifs is 6. The number of carbonyl (C=O) groups is 1. The van der Waals surface area contributed by atoms with Crippen molar-refractivity contribution in [1.29, 1.82) is 0 Å². The third-order valence-electron chi connectivity index (χ3n) is 6.53. The van der Waals surface area contributed by atoms with E-state index in [2.05, 4.69) is 6.92 Å². The van der Waals surface area contributed by atoms with E-state index in [0.717, 1.165) is 58.7 Å². The van der Waals surface area contributed by atoms with Gasteiger partial charge in [0.25, 0.3) is 0 Å². The summed E-state index contributed by atoms with van der Waals surface area (Å²) in [7, 11) is 0. The highest BCUT2D eigenvalue weighted by molar-refractivity contribution is 6.00. The van der Waals surface area contributed by atoms with Crippen molar-refractivity contribution in [2.45, 2.75) is 51.4 Å². The number of rotatable bonds is 3. The number of hydrogen-bond donors (Lipinski definition) is 1. The molecule has 2 aliphatic carbocycles. The van der Waals surface area contributed by atoms with Crippen LogP contribution in [0.3, 0.4) is 0 Å². The monoisotopic (exact) mass is 388 g/mol. The molecule has 5 rings (SSSR count). The molecule has 3 aromatic carbocycles. The van der Waals surface area contributed by atoms with E-state index in [4.69, 9.17) is 9.47 Å². The molecule has 1 fully saturated rings. The van der Waals surface area contributed by atoms with E-state index in [0.29, 0.717) is 29.1 Å². The lowest BCUT2D eigenvalue weighted by Crippen LogP contribution is -2.17. The lowest BCUT2D eigenvalue weighted by Gasteiger charge is -2.23. The van der Waals surface area contributed by atoms with Crippen molar-refractivity contribution in [2.24, 2.45) is 0 Å².